The van der Waals surface area contributed by atoms with Gasteiger partial charge in [0.1, 0.15) is 5.75 Å². The Morgan fingerprint density at radius 2 is 1.57 bits per heavy atom. The summed E-state index contributed by atoms with van der Waals surface area (Å²) in [6, 6.07) is 11.5. The minimum Gasteiger partial charge on any atom is -0.497 e. The van der Waals surface area contributed by atoms with Crippen LogP contribution in [0.25, 0.3) is 0 Å². The minimum absolute atomic E-state index is 0.0294. The fraction of sp³-hybridized carbons (Fsp3) is 0.458. The SMILES string of the molecule is CCOc1cc(C(=O)N2CCC[C@H]2c2ccc(OC)cc2)cc(OCC)c1OCC. The first kappa shape index (κ1) is 21.8. The van der Waals surface area contributed by atoms with Crippen molar-refractivity contribution >= 4 is 5.91 Å². The van der Waals surface area contributed by atoms with Crippen molar-refractivity contribution in [2.45, 2.75) is 39.7 Å². The van der Waals surface area contributed by atoms with Crippen LogP contribution in [0.4, 0.5) is 0 Å². The van der Waals surface area contributed by atoms with E-state index < -0.39 is 0 Å². The van der Waals surface area contributed by atoms with E-state index in [0.717, 1.165) is 30.7 Å². The highest BCUT2D eigenvalue weighted by Crippen LogP contribution is 2.41. The van der Waals surface area contributed by atoms with Crippen molar-refractivity contribution < 1.29 is 23.7 Å². The Bertz CT molecular complexity index is 822. The van der Waals surface area contributed by atoms with E-state index in [9.17, 15) is 4.79 Å². The molecule has 1 aliphatic rings. The zero-order chi connectivity index (χ0) is 21.5. The summed E-state index contributed by atoms with van der Waals surface area (Å²) in [7, 11) is 1.65. The second kappa shape index (κ2) is 10.2. The van der Waals surface area contributed by atoms with Crippen molar-refractivity contribution in [2.75, 3.05) is 33.5 Å². The molecule has 0 spiro atoms. The van der Waals surface area contributed by atoms with Crippen molar-refractivity contribution in [3.8, 4) is 23.0 Å². The molecule has 3 rings (SSSR count). The van der Waals surface area contributed by atoms with Crippen LogP contribution in [0.1, 0.15) is 55.6 Å². The van der Waals surface area contributed by atoms with E-state index in [1.54, 1.807) is 19.2 Å². The van der Waals surface area contributed by atoms with Crippen LogP contribution >= 0.6 is 0 Å². The van der Waals surface area contributed by atoms with Crippen molar-refractivity contribution in [3.63, 3.8) is 0 Å². The van der Waals surface area contributed by atoms with E-state index in [-0.39, 0.29) is 11.9 Å². The van der Waals surface area contributed by atoms with Gasteiger partial charge in [0.15, 0.2) is 11.5 Å². The Morgan fingerprint density at radius 1 is 0.967 bits per heavy atom. The average molecular weight is 414 g/mol. The Kier molecular flexibility index (Phi) is 7.44. The van der Waals surface area contributed by atoms with Crippen molar-refractivity contribution in [1.82, 2.24) is 4.90 Å². The smallest absolute Gasteiger partial charge is 0.254 e. The number of rotatable bonds is 9. The maximum atomic E-state index is 13.5. The van der Waals surface area contributed by atoms with Gasteiger partial charge in [-0.2, -0.15) is 0 Å². The Morgan fingerprint density at radius 3 is 2.10 bits per heavy atom. The highest BCUT2D eigenvalue weighted by atomic mass is 16.5. The molecule has 0 unspecified atom stereocenters. The van der Waals surface area contributed by atoms with Crippen LogP contribution in [0.5, 0.6) is 23.0 Å². The quantitative estimate of drug-likeness (QED) is 0.587. The summed E-state index contributed by atoms with van der Waals surface area (Å²) < 4.78 is 22.6. The lowest BCUT2D eigenvalue weighted by atomic mass is 10.0. The normalized spacial score (nSPS) is 15.7. The molecule has 0 radical (unpaired) electrons. The number of likely N-dealkylation sites (tertiary alicyclic amines) is 1. The fourth-order valence-electron chi connectivity index (χ4n) is 3.86. The molecule has 0 aliphatic carbocycles. The van der Waals surface area contributed by atoms with Crippen molar-refractivity contribution in [1.29, 1.82) is 0 Å². The van der Waals surface area contributed by atoms with Gasteiger partial charge in [-0.1, -0.05) is 12.1 Å². The number of nitrogens with zero attached hydrogens (tertiary/aromatic N) is 1. The van der Waals surface area contributed by atoms with Crippen LogP contribution in [-0.4, -0.2) is 44.3 Å². The lowest BCUT2D eigenvalue weighted by Gasteiger charge is -2.26. The first-order valence-corrected chi connectivity index (χ1v) is 10.6. The number of hydrogen-bond donors (Lipinski definition) is 0. The van der Waals surface area contributed by atoms with Crippen LogP contribution < -0.4 is 18.9 Å². The van der Waals surface area contributed by atoms with Gasteiger partial charge in [-0.25, -0.2) is 0 Å². The predicted molar refractivity (Wildman–Crippen MR) is 116 cm³/mol. The van der Waals surface area contributed by atoms with Crippen LogP contribution in [0.15, 0.2) is 36.4 Å². The Balaban J connectivity index is 1.93. The molecule has 1 aliphatic heterocycles. The van der Waals surface area contributed by atoms with Gasteiger partial charge in [-0.3, -0.25) is 4.79 Å². The third-order valence-corrected chi connectivity index (χ3v) is 5.17. The summed E-state index contributed by atoms with van der Waals surface area (Å²) in [5.74, 6) is 2.40. The zero-order valence-corrected chi connectivity index (χ0v) is 18.3. The third kappa shape index (κ3) is 4.64. The molecule has 6 heteroatoms. The predicted octanol–water partition coefficient (Wildman–Crippen LogP) is 4.87. The molecule has 6 nitrogen and oxygen atoms in total. The highest BCUT2D eigenvalue weighted by molar-refractivity contribution is 5.96. The second-order valence-corrected chi connectivity index (χ2v) is 7.03. The fourth-order valence-corrected chi connectivity index (χ4v) is 3.86. The van der Waals surface area contributed by atoms with E-state index in [0.29, 0.717) is 42.6 Å². The largest absolute Gasteiger partial charge is 0.497 e. The molecule has 162 valence electrons. The number of carbonyl (C=O) groups excluding carboxylic acids is 1. The summed E-state index contributed by atoms with van der Waals surface area (Å²) in [5.41, 5.74) is 1.66. The van der Waals surface area contributed by atoms with E-state index in [4.69, 9.17) is 18.9 Å². The topological polar surface area (TPSA) is 57.2 Å². The van der Waals surface area contributed by atoms with E-state index in [1.165, 1.54) is 0 Å². The molecule has 0 N–H and O–H groups in total. The number of ether oxygens (including phenoxy) is 4. The molecule has 0 aromatic heterocycles. The maximum Gasteiger partial charge on any atom is 0.254 e. The molecule has 1 fully saturated rings. The van der Waals surface area contributed by atoms with Gasteiger partial charge in [0.2, 0.25) is 5.75 Å². The molecular weight excluding hydrogens is 382 g/mol. The molecule has 30 heavy (non-hydrogen) atoms. The summed E-state index contributed by atoms with van der Waals surface area (Å²) in [6.07, 6.45) is 1.90. The second-order valence-electron chi connectivity index (χ2n) is 7.03. The summed E-state index contributed by atoms with van der Waals surface area (Å²) in [4.78, 5) is 15.4. The summed E-state index contributed by atoms with van der Waals surface area (Å²) in [6.45, 7) is 7.88. The van der Waals surface area contributed by atoms with Crippen LogP contribution in [0.2, 0.25) is 0 Å². The monoisotopic (exact) mass is 413 g/mol. The molecule has 2 aromatic carbocycles. The first-order chi connectivity index (χ1) is 14.6. The number of hydrogen-bond acceptors (Lipinski definition) is 5. The van der Waals surface area contributed by atoms with E-state index in [2.05, 4.69) is 0 Å². The van der Waals surface area contributed by atoms with Gasteiger partial charge >= 0.3 is 0 Å². The zero-order valence-electron chi connectivity index (χ0n) is 18.3. The van der Waals surface area contributed by atoms with Crippen LogP contribution in [0, 0.1) is 0 Å². The molecule has 1 heterocycles. The number of methoxy groups -OCH3 is 1. The molecule has 1 amide bonds. The standard InChI is InChI=1S/C24H31NO5/c1-5-28-21-15-18(16-22(29-6-2)23(21)30-7-3)24(26)25-14-8-9-20(25)17-10-12-19(27-4)13-11-17/h10-13,15-16,20H,5-9,14H2,1-4H3/t20-/m0/s1. The molecule has 1 saturated heterocycles. The molecular formula is C24H31NO5. The highest BCUT2D eigenvalue weighted by Gasteiger charge is 2.32. The molecule has 1 atom stereocenters. The van der Waals surface area contributed by atoms with Crippen LogP contribution in [-0.2, 0) is 0 Å². The number of carbonyl (C=O) groups is 1. The summed E-state index contributed by atoms with van der Waals surface area (Å²) in [5, 5.41) is 0. The van der Waals surface area contributed by atoms with Gasteiger partial charge in [0.25, 0.3) is 5.91 Å². The van der Waals surface area contributed by atoms with Crippen molar-refractivity contribution in [2.24, 2.45) is 0 Å². The average Bonchev–Trinajstić information content (AvgIpc) is 3.25. The molecule has 0 saturated carbocycles. The maximum absolute atomic E-state index is 13.5. The summed E-state index contributed by atoms with van der Waals surface area (Å²) >= 11 is 0. The van der Waals surface area contributed by atoms with Crippen molar-refractivity contribution in [3.05, 3.63) is 47.5 Å². The first-order valence-electron chi connectivity index (χ1n) is 10.6. The molecule has 0 bridgehead atoms. The Hall–Kier alpha value is -2.89. The Labute approximate surface area is 178 Å². The number of benzene rings is 2. The number of amides is 1. The van der Waals surface area contributed by atoms with Gasteiger partial charge in [0, 0.05) is 12.1 Å². The van der Waals surface area contributed by atoms with Gasteiger partial charge in [0.05, 0.1) is 33.0 Å². The lowest BCUT2D eigenvalue weighted by molar-refractivity contribution is 0.0734. The minimum atomic E-state index is -0.0294. The van der Waals surface area contributed by atoms with E-state index >= 15 is 0 Å². The molecule has 2 aromatic rings. The van der Waals surface area contributed by atoms with Gasteiger partial charge in [-0.05, 0) is 63.4 Å². The van der Waals surface area contributed by atoms with Crippen LogP contribution in [0.3, 0.4) is 0 Å². The van der Waals surface area contributed by atoms with Gasteiger partial charge < -0.3 is 23.8 Å². The lowest BCUT2D eigenvalue weighted by Crippen LogP contribution is -2.30. The third-order valence-electron chi connectivity index (χ3n) is 5.17. The van der Waals surface area contributed by atoms with E-state index in [1.807, 2.05) is 49.9 Å². The van der Waals surface area contributed by atoms with Gasteiger partial charge in [-0.15, -0.1) is 0 Å².